The van der Waals surface area contributed by atoms with Gasteiger partial charge in [0, 0.05) is 19.0 Å². The Morgan fingerprint density at radius 3 is 2.86 bits per heavy atom. The van der Waals surface area contributed by atoms with E-state index in [0.717, 1.165) is 19.4 Å². The van der Waals surface area contributed by atoms with E-state index in [2.05, 4.69) is 21.2 Å². The maximum Gasteiger partial charge on any atom is 0.225 e. The summed E-state index contributed by atoms with van der Waals surface area (Å²) < 4.78 is 0. The molecule has 0 radical (unpaired) electrons. The highest BCUT2D eigenvalue weighted by Crippen LogP contribution is 2.14. The van der Waals surface area contributed by atoms with Crippen molar-refractivity contribution < 1.29 is 0 Å². The molecule has 0 atom stereocenters. The Balaban J connectivity index is 2.47. The molecular formula is C9H9Cl2N3. The molecule has 1 heterocycles. The Kier molecular flexibility index (Phi) is 4.51. The molecule has 0 unspecified atom stereocenters. The molecule has 0 saturated carbocycles. The lowest BCUT2D eigenvalue weighted by Crippen LogP contribution is -2.03. The van der Waals surface area contributed by atoms with Crippen molar-refractivity contribution in [2.24, 2.45) is 0 Å². The molecule has 0 bridgehead atoms. The summed E-state index contributed by atoms with van der Waals surface area (Å²) in [7, 11) is 0. The number of halogens is 2. The molecule has 0 fully saturated rings. The van der Waals surface area contributed by atoms with Gasteiger partial charge in [0.05, 0.1) is 0 Å². The molecule has 0 amide bonds. The van der Waals surface area contributed by atoms with Gasteiger partial charge in [0.25, 0.3) is 0 Å². The summed E-state index contributed by atoms with van der Waals surface area (Å²) in [5.74, 6) is 3.17. The maximum absolute atomic E-state index is 5.68. The van der Waals surface area contributed by atoms with Gasteiger partial charge >= 0.3 is 0 Å². The van der Waals surface area contributed by atoms with Crippen molar-refractivity contribution in [2.45, 2.75) is 12.8 Å². The van der Waals surface area contributed by atoms with Crippen molar-refractivity contribution >= 4 is 29.0 Å². The number of hydrogen-bond donors (Lipinski definition) is 1. The van der Waals surface area contributed by atoms with E-state index < -0.39 is 0 Å². The van der Waals surface area contributed by atoms with Gasteiger partial charge in [-0.2, -0.15) is 0 Å². The Bertz CT molecular complexity index is 326. The Morgan fingerprint density at radius 1 is 1.43 bits per heavy atom. The van der Waals surface area contributed by atoms with Crippen molar-refractivity contribution in [3.8, 4) is 12.3 Å². The van der Waals surface area contributed by atoms with E-state index in [4.69, 9.17) is 29.6 Å². The minimum Gasteiger partial charge on any atom is -0.370 e. The molecule has 3 nitrogen and oxygen atoms in total. The maximum atomic E-state index is 5.68. The molecule has 0 aromatic carbocycles. The van der Waals surface area contributed by atoms with Crippen molar-refractivity contribution in [3.63, 3.8) is 0 Å². The minimum atomic E-state index is 0.136. The Morgan fingerprint density at radius 2 is 2.21 bits per heavy atom. The summed E-state index contributed by atoms with van der Waals surface area (Å²) in [5.41, 5.74) is 0. The van der Waals surface area contributed by atoms with Gasteiger partial charge in [-0.3, -0.25) is 0 Å². The van der Waals surface area contributed by atoms with E-state index in [1.54, 1.807) is 6.07 Å². The van der Waals surface area contributed by atoms with Gasteiger partial charge in [-0.25, -0.2) is 9.97 Å². The summed E-state index contributed by atoms with van der Waals surface area (Å²) in [5, 5.41) is 3.51. The predicted molar refractivity (Wildman–Crippen MR) is 58.6 cm³/mol. The lowest BCUT2D eigenvalue weighted by molar-refractivity contribution is 0.899. The van der Waals surface area contributed by atoms with Crippen LogP contribution in [0, 0.1) is 12.3 Å². The van der Waals surface area contributed by atoms with Crippen molar-refractivity contribution in [2.75, 3.05) is 11.9 Å². The lowest BCUT2D eigenvalue weighted by Gasteiger charge is -2.04. The highest BCUT2D eigenvalue weighted by molar-refractivity contribution is 6.32. The second-order valence-electron chi connectivity index (χ2n) is 2.58. The van der Waals surface area contributed by atoms with Crippen LogP contribution in [0.25, 0.3) is 0 Å². The molecule has 0 spiro atoms. The number of nitrogens with one attached hydrogen (secondary N) is 1. The Labute approximate surface area is 92.9 Å². The molecule has 74 valence electrons. The van der Waals surface area contributed by atoms with Crippen LogP contribution in [0.15, 0.2) is 6.07 Å². The zero-order valence-corrected chi connectivity index (χ0v) is 8.94. The van der Waals surface area contributed by atoms with Crippen LogP contribution < -0.4 is 5.32 Å². The smallest absolute Gasteiger partial charge is 0.225 e. The van der Waals surface area contributed by atoms with E-state index >= 15 is 0 Å². The van der Waals surface area contributed by atoms with Gasteiger partial charge in [0.2, 0.25) is 5.28 Å². The molecule has 0 saturated heterocycles. The van der Waals surface area contributed by atoms with Crippen LogP contribution in [0.4, 0.5) is 5.82 Å². The third-order valence-electron chi connectivity index (χ3n) is 1.47. The monoisotopic (exact) mass is 229 g/mol. The fourth-order valence-corrected chi connectivity index (χ4v) is 1.30. The predicted octanol–water partition coefficient (Wildman–Crippen LogP) is 2.61. The molecule has 1 aromatic rings. The molecule has 1 rings (SSSR count). The van der Waals surface area contributed by atoms with Crippen molar-refractivity contribution in [1.29, 1.82) is 0 Å². The van der Waals surface area contributed by atoms with Crippen LogP contribution in [-0.4, -0.2) is 16.5 Å². The summed E-state index contributed by atoms with van der Waals surface area (Å²) >= 11 is 11.3. The number of aromatic nitrogens is 2. The highest BCUT2D eigenvalue weighted by Gasteiger charge is 1.99. The van der Waals surface area contributed by atoms with Crippen molar-refractivity contribution in [3.05, 3.63) is 16.5 Å². The van der Waals surface area contributed by atoms with Crippen LogP contribution in [0.3, 0.4) is 0 Å². The quantitative estimate of drug-likeness (QED) is 0.374. The number of terminal acetylenes is 1. The number of unbranched alkanes of at least 4 members (excludes halogenated alkanes) is 1. The average Bonchev–Trinajstić information content (AvgIpc) is 2.11. The molecular weight excluding hydrogens is 221 g/mol. The molecule has 0 aliphatic rings. The van der Waals surface area contributed by atoms with Gasteiger partial charge in [-0.15, -0.1) is 12.3 Å². The van der Waals surface area contributed by atoms with E-state index in [-0.39, 0.29) is 5.28 Å². The summed E-state index contributed by atoms with van der Waals surface area (Å²) in [6.45, 7) is 0.744. The summed E-state index contributed by atoms with van der Waals surface area (Å²) in [6, 6.07) is 1.61. The van der Waals surface area contributed by atoms with Crippen LogP contribution in [0.5, 0.6) is 0 Å². The second kappa shape index (κ2) is 5.69. The first-order valence-electron chi connectivity index (χ1n) is 4.10. The van der Waals surface area contributed by atoms with E-state index in [0.29, 0.717) is 11.0 Å². The lowest BCUT2D eigenvalue weighted by atomic mass is 10.3. The molecule has 5 heteroatoms. The van der Waals surface area contributed by atoms with Crippen LogP contribution in [-0.2, 0) is 0 Å². The van der Waals surface area contributed by atoms with Crippen LogP contribution in [0.2, 0.25) is 10.4 Å². The number of anilines is 1. The Hall–Kier alpha value is -0.980. The topological polar surface area (TPSA) is 37.8 Å². The van der Waals surface area contributed by atoms with E-state index in [1.807, 2.05) is 0 Å². The van der Waals surface area contributed by atoms with E-state index in [1.165, 1.54) is 0 Å². The number of hydrogen-bond acceptors (Lipinski definition) is 3. The van der Waals surface area contributed by atoms with Gasteiger partial charge in [0.1, 0.15) is 11.0 Å². The minimum absolute atomic E-state index is 0.136. The normalized spacial score (nSPS) is 9.50. The molecule has 0 aliphatic carbocycles. The van der Waals surface area contributed by atoms with Crippen LogP contribution >= 0.6 is 23.2 Å². The largest absolute Gasteiger partial charge is 0.370 e. The van der Waals surface area contributed by atoms with Gasteiger partial charge < -0.3 is 5.32 Å². The standard InChI is InChI=1S/C9H9Cl2N3/c1-2-3-4-5-12-8-6-7(10)13-9(11)14-8/h1,6H,3-5H2,(H,12,13,14). The molecule has 14 heavy (non-hydrogen) atoms. The average molecular weight is 230 g/mol. The van der Waals surface area contributed by atoms with Gasteiger partial charge in [-0.1, -0.05) is 11.6 Å². The zero-order chi connectivity index (χ0) is 10.4. The molecule has 1 aromatic heterocycles. The van der Waals surface area contributed by atoms with Crippen LogP contribution in [0.1, 0.15) is 12.8 Å². The molecule has 0 aliphatic heterocycles. The first-order valence-corrected chi connectivity index (χ1v) is 4.85. The number of nitrogens with zero attached hydrogens (tertiary/aromatic N) is 2. The summed E-state index contributed by atoms with van der Waals surface area (Å²) in [6.07, 6.45) is 6.73. The van der Waals surface area contributed by atoms with Gasteiger partial charge in [-0.05, 0) is 18.0 Å². The third-order valence-corrected chi connectivity index (χ3v) is 1.83. The fourth-order valence-electron chi connectivity index (χ4n) is 0.887. The zero-order valence-electron chi connectivity index (χ0n) is 7.43. The van der Waals surface area contributed by atoms with Crippen molar-refractivity contribution in [1.82, 2.24) is 9.97 Å². The van der Waals surface area contributed by atoms with Gasteiger partial charge in [0.15, 0.2) is 0 Å². The second-order valence-corrected chi connectivity index (χ2v) is 3.30. The highest BCUT2D eigenvalue weighted by atomic mass is 35.5. The summed E-state index contributed by atoms with van der Waals surface area (Å²) in [4.78, 5) is 7.66. The first-order chi connectivity index (χ1) is 6.72. The third kappa shape index (κ3) is 3.82. The van der Waals surface area contributed by atoms with E-state index in [9.17, 15) is 0 Å². The first kappa shape index (κ1) is 11.1. The fraction of sp³-hybridized carbons (Fsp3) is 0.333. The number of rotatable bonds is 4. The molecule has 1 N–H and O–H groups in total. The SMILES string of the molecule is C#CCCCNc1cc(Cl)nc(Cl)n1.